The lowest BCUT2D eigenvalue weighted by Crippen LogP contribution is -2.61. The van der Waals surface area contributed by atoms with Gasteiger partial charge in [0.05, 0.1) is 36.2 Å². The maximum atomic E-state index is 14.9. The fraction of sp³-hybridized carbons (Fsp3) is 0.702. The molecular weight excluding hydrogens is 811 g/mol. The van der Waals surface area contributed by atoms with Gasteiger partial charge in [-0.1, -0.05) is 39.8 Å². The number of methoxy groups -OCH3 is 1. The topological polar surface area (TPSA) is 188 Å². The summed E-state index contributed by atoms with van der Waals surface area (Å²) in [6.45, 7) is 15.1. The number of Topliss-reactive ketones (excluding diaryl/α,β-unsaturated/α-hetero) is 1. The zero-order valence-corrected chi connectivity index (χ0v) is 39.0. The average molecular weight is 882 g/mol. The number of aryl methyl sites for hydroxylation is 1. The molecule has 1 amide bonds. The molecule has 2 aromatic rings. The van der Waals surface area contributed by atoms with Crippen molar-refractivity contribution in [2.45, 2.75) is 154 Å². The first-order chi connectivity index (χ1) is 29.8. The number of pyridine rings is 2. The summed E-state index contributed by atoms with van der Waals surface area (Å²) >= 11 is 0. The number of carbonyl (C=O) groups is 4. The number of anilines is 1. The van der Waals surface area contributed by atoms with Crippen LogP contribution in [0.3, 0.4) is 0 Å². The number of esters is 2. The SMILES string of the molecule is CC[C@@H]1OC(=O)[C@H](C)[C@H](OC(=O)CCc2ccccn2)[C@@H](C)[C@@H](OC2O[C@H](C)C[C@H](N(C)C)[C@H]2O)[C@](C)(OC)C[C@@H](C)C(=O)[C@@H](C)[C@@H]2N(CCCNc3ccccn3)C(=O)O[C@]12C. The number of cyclic esters (lactones) is 1. The molecule has 3 saturated heterocycles. The van der Waals surface area contributed by atoms with E-state index in [4.69, 9.17) is 28.4 Å². The first-order valence-electron chi connectivity index (χ1n) is 22.5. The van der Waals surface area contributed by atoms with Gasteiger partial charge in [-0.3, -0.25) is 19.4 Å². The Kier molecular flexibility index (Phi) is 17.1. The van der Waals surface area contributed by atoms with Crippen LogP contribution in [0.25, 0.3) is 0 Å². The fourth-order valence-corrected chi connectivity index (χ4v) is 9.98. The van der Waals surface area contributed by atoms with E-state index in [-0.39, 0.29) is 43.7 Å². The molecule has 2 N–H and O–H groups in total. The number of amides is 1. The highest BCUT2D eigenvalue weighted by molar-refractivity contribution is 5.85. The van der Waals surface area contributed by atoms with Crippen molar-refractivity contribution < 1.29 is 52.7 Å². The van der Waals surface area contributed by atoms with Crippen LogP contribution < -0.4 is 5.32 Å². The molecule has 16 heteroatoms. The molecule has 2 aromatic heterocycles. The molecule has 350 valence electrons. The zero-order chi connectivity index (χ0) is 46.2. The molecule has 3 aliphatic heterocycles. The number of rotatable bonds is 14. The van der Waals surface area contributed by atoms with Crippen LogP contribution in [-0.4, -0.2) is 143 Å². The molecule has 0 aliphatic carbocycles. The molecule has 0 saturated carbocycles. The van der Waals surface area contributed by atoms with Crippen molar-refractivity contribution >= 4 is 29.6 Å². The van der Waals surface area contributed by atoms with E-state index in [0.717, 1.165) is 0 Å². The minimum Gasteiger partial charge on any atom is -0.461 e. The van der Waals surface area contributed by atoms with E-state index in [2.05, 4.69) is 15.3 Å². The number of aliphatic hydroxyl groups excluding tert-OH is 1. The summed E-state index contributed by atoms with van der Waals surface area (Å²) in [6, 6.07) is 9.89. The van der Waals surface area contributed by atoms with Gasteiger partial charge in [-0.15, -0.1) is 0 Å². The second-order valence-electron chi connectivity index (χ2n) is 18.4. The molecule has 16 nitrogen and oxygen atoms in total. The van der Waals surface area contributed by atoms with Gasteiger partial charge in [0.2, 0.25) is 0 Å². The van der Waals surface area contributed by atoms with Crippen LogP contribution in [0.4, 0.5) is 10.6 Å². The van der Waals surface area contributed by atoms with Gasteiger partial charge in [0.25, 0.3) is 0 Å². The quantitative estimate of drug-likeness (QED) is 0.138. The molecular formula is C47H71N5O11. The number of hydrogen-bond donors (Lipinski definition) is 2. The second kappa shape index (κ2) is 21.6. The van der Waals surface area contributed by atoms with E-state index < -0.39 is 89.7 Å². The highest BCUT2D eigenvalue weighted by Gasteiger charge is 2.60. The predicted molar refractivity (Wildman–Crippen MR) is 234 cm³/mol. The van der Waals surface area contributed by atoms with Gasteiger partial charge in [0.1, 0.15) is 29.9 Å². The summed E-state index contributed by atoms with van der Waals surface area (Å²) in [5.74, 6) is -4.03. The van der Waals surface area contributed by atoms with Crippen molar-refractivity contribution in [1.29, 1.82) is 0 Å². The first kappa shape index (κ1) is 49.8. The standard InChI is InChI=1S/C47H71N5O11/c1-12-35-47(8)41(52(45(57)63-47)25-17-24-50-36-19-14-16-23-49-36)30(4)38(54)28(2)27-46(7,58-11)42(62-44-39(55)34(51(9)10)26-29(3)59-44)31(5)40(32(6)43(56)60-35)61-37(53)21-20-33-18-13-15-22-48-33/h13-16,18-19,22-23,28-32,34-35,39-42,44,55H,12,17,20-21,24-27H2,1-11H3,(H,49,50)/t28-,29-,30-,31-,32-,34+,35+,39-,40-,41+,42-,44?,46-,47-/m1/s1. The highest BCUT2D eigenvalue weighted by atomic mass is 16.7. The fourth-order valence-electron chi connectivity index (χ4n) is 9.98. The number of hydrogen-bond acceptors (Lipinski definition) is 15. The average Bonchev–Trinajstić information content (AvgIpc) is 3.53. The van der Waals surface area contributed by atoms with Gasteiger partial charge in [-0.05, 0) is 91.7 Å². The Labute approximate surface area is 373 Å². The molecule has 0 aromatic carbocycles. The van der Waals surface area contributed by atoms with E-state index in [1.807, 2.05) is 77.0 Å². The van der Waals surface area contributed by atoms with Crippen molar-refractivity contribution in [3.8, 4) is 0 Å². The summed E-state index contributed by atoms with van der Waals surface area (Å²) in [5, 5.41) is 15.0. The molecule has 1 unspecified atom stereocenters. The second-order valence-corrected chi connectivity index (χ2v) is 18.4. The van der Waals surface area contributed by atoms with Gasteiger partial charge in [0, 0.05) is 68.5 Å². The maximum absolute atomic E-state index is 14.9. The summed E-state index contributed by atoms with van der Waals surface area (Å²) in [5.41, 5.74) is -2.01. The Hall–Kier alpha value is -4.22. The van der Waals surface area contributed by atoms with Crippen molar-refractivity contribution in [1.82, 2.24) is 19.8 Å². The Morgan fingerprint density at radius 2 is 1.71 bits per heavy atom. The number of ether oxygens (including phenoxy) is 6. The molecule has 0 radical (unpaired) electrons. The van der Waals surface area contributed by atoms with E-state index in [9.17, 15) is 24.3 Å². The van der Waals surface area contributed by atoms with E-state index in [1.54, 1.807) is 51.1 Å². The van der Waals surface area contributed by atoms with Crippen LogP contribution in [0.5, 0.6) is 0 Å². The molecule has 63 heavy (non-hydrogen) atoms. The molecule has 3 aliphatic rings. The van der Waals surface area contributed by atoms with Crippen LogP contribution >= 0.6 is 0 Å². The van der Waals surface area contributed by atoms with Crippen LogP contribution in [-0.2, 0) is 49.2 Å². The minimum atomic E-state index is -1.43. The third kappa shape index (κ3) is 11.5. The van der Waals surface area contributed by atoms with Gasteiger partial charge in [0.15, 0.2) is 11.9 Å². The van der Waals surface area contributed by atoms with Gasteiger partial charge in [-0.25, -0.2) is 9.78 Å². The van der Waals surface area contributed by atoms with Crippen molar-refractivity contribution in [2.75, 3.05) is 39.6 Å². The lowest BCUT2D eigenvalue weighted by atomic mass is 9.73. The zero-order valence-electron chi connectivity index (χ0n) is 39.0. The van der Waals surface area contributed by atoms with Crippen molar-refractivity contribution in [3.63, 3.8) is 0 Å². The third-order valence-electron chi connectivity index (χ3n) is 13.5. The van der Waals surface area contributed by atoms with Crippen LogP contribution in [0.15, 0.2) is 48.8 Å². The number of nitrogens with zero attached hydrogens (tertiary/aromatic N) is 4. The molecule has 0 spiro atoms. The van der Waals surface area contributed by atoms with Gasteiger partial charge < -0.3 is 48.6 Å². The molecule has 5 heterocycles. The van der Waals surface area contributed by atoms with Crippen molar-refractivity contribution in [2.24, 2.45) is 23.7 Å². The Balaban J connectivity index is 1.55. The van der Waals surface area contributed by atoms with Crippen LogP contribution in [0, 0.1) is 23.7 Å². The van der Waals surface area contributed by atoms with Gasteiger partial charge in [-0.2, -0.15) is 0 Å². The molecule has 0 bridgehead atoms. The van der Waals surface area contributed by atoms with Crippen LogP contribution in [0.2, 0.25) is 0 Å². The Morgan fingerprint density at radius 3 is 2.33 bits per heavy atom. The molecule has 3 fully saturated rings. The largest absolute Gasteiger partial charge is 0.461 e. The number of carbonyl (C=O) groups excluding carboxylic acids is 4. The summed E-state index contributed by atoms with van der Waals surface area (Å²) in [7, 11) is 5.29. The third-order valence-corrected chi connectivity index (χ3v) is 13.5. The predicted octanol–water partition coefficient (Wildman–Crippen LogP) is 5.46. The van der Waals surface area contributed by atoms with Crippen LogP contribution in [0.1, 0.15) is 93.2 Å². The molecule has 14 atom stereocenters. The lowest BCUT2D eigenvalue weighted by Gasteiger charge is -2.48. The Morgan fingerprint density at radius 1 is 1.02 bits per heavy atom. The van der Waals surface area contributed by atoms with Gasteiger partial charge >= 0.3 is 18.0 Å². The summed E-state index contributed by atoms with van der Waals surface area (Å²) in [4.78, 5) is 69.5. The number of aromatic nitrogens is 2. The number of likely N-dealkylation sites (N-methyl/N-ethyl adjacent to an activating group) is 1. The smallest absolute Gasteiger partial charge is 0.410 e. The molecule has 5 rings (SSSR count). The maximum Gasteiger partial charge on any atom is 0.410 e. The monoisotopic (exact) mass is 882 g/mol. The normalized spacial score (nSPS) is 35.6. The van der Waals surface area contributed by atoms with E-state index >= 15 is 0 Å². The first-order valence-corrected chi connectivity index (χ1v) is 22.5. The lowest BCUT2D eigenvalue weighted by molar-refractivity contribution is -0.301. The minimum absolute atomic E-state index is 0.0223. The Bertz CT molecular complexity index is 1820. The number of nitrogens with one attached hydrogen (secondary N) is 1. The number of aliphatic hydroxyl groups is 1. The number of fused-ring (bicyclic) bond motifs is 1. The van der Waals surface area contributed by atoms with Crippen molar-refractivity contribution in [3.05, 3.63) is 54.5 Å². The summed E-state index contributed by atoms with van der Waals surface area (Å²) in [6.07, 6.45) is -1.19. The summed E-state index contributed by atoms with van der Waals surface area (Å²) < 4.78 is 38.4. The number of ketones is 1. The van der Waals surface area contributed by atoms with E-state index in [1.165, 1.54) is 7.11 Å². The highest BCUT2D eigenvalue weighted by Crippen LogP contribution is 2.44. The van der Waals surface area contributed by atoms with E-state index in [0.29, 0.717) is 37.3 Å².